The molecule has 0 amide bonds. The molecule has 0 heterocycles. The van der Waals surface area contributed by atoms with E-state index < -0.39 is 20.0 Å². The summed E-state index contributed by atoms with van der Waals surface area (Å²) in [6, 6.07) is 12.7. The number of nitrogens with one attached hydrogen (secondary N) is 2. The smallest absolute Gasteiger partial charge is 0.261 e. The Balaban J connectivity index is 1.80. The maximum absolute atomic E-state index is 12.4. The number of benzene rings is 2. The topological polar surface area (TPSA) is 92.3 Å². The lowest BCUT2D eigenvalue weighted by molar-refractivity contribution is 0.599. The molecule has 0 bridgehead atoms. The van der Waals surface area contributed by atoms with Crippen LogP contribution in [-0.4, -0.2) is 22.1 Å². The lowest BCUT2D eigenvalue weighted by Crippen LogP contribution is -2.17. The van der Waals surface area contributed by atoms with Crippen molar-refractivity contribution < 1.29 is 16.8 Å². The summed E-state index contributed by atoms with van der Waals surface area (Å²) in [5.74, 6) is 0. The monoisotopic (exact) mass is 366 g/mol. The van der Waals surface area contributed by atoms with E-state index in [9.17, 15) is 16.8 Å². The van der Waals surface area contributed by atoms with E-state index in [0.717, 1.165) is 5.56 Å². The molecule has 8 heteroatoms. The minimum atomic E-state index is -3.72. The van der Waals surface area contributed by atoms with Gasteiger partial charge in [0.2, 0.25) is 10.0 Å². The zero-order chi connectivity index (χ0) is 17.4. The van der Waals surface area contributed by atoms with Crippen LogP contribution in [0.2, 0.25) is 0 Å². The molecule has 2 aromatic rings. The first-order valence-electron chi connectivity index (χ1n) is 7.47. The molecule has 0 aromatic heterocycles. The summed E-state index contributed by atoms with van der Waals surface area (Å²) >= 11 is 0. The van der Waals surface area contributed by atoms with Gasteiger partial charge in [-0.05, 0) is 50.1 Å². The lowest BCUT2D eigenvalue weighted by Gasteiger charge is -2.11. The van der Waals surface area contributed by atoms with Crippen LogP contribution in [0.25, 0.3) is 0 Å². The fourth-order valence-electron chi connectivity index (χ4n) is 2.20. The van der Waals surface area contributed by atoms with Crippen molar-refractivity contribution in [1.82, 2.24) is 0 Å². The zero-order valence-electron chi connectivity index (χ0n) is 13.1. The van der Waals surface area contributed by atoms with Crippen LogP contribution in [0.1, 0.15) is 18.4 Å². The minimum Gasteiger partial charge on any atom is -0.283 e. The van der Waals surface area contributed by atoms with Gasteiger partial charge in [0.25, 0.3) is 10.0 Å². The summed E-state index contributed by atoms with van der Waals surface area (Å²) in [7, 11) is -7.11. The van der Waals surface area contributed by atoms with Gasteiger partial charge in [-0.2, -0.15) is 0 Å². The molecule has 6 nitrogen and oxygen atoms in total. The van der Waals surface area contributed by atoms with Gasteiger partial charge in [0.05, 0.1) is 21.5 Å². The third-order valence-corrected chi connectivity index (χ3v) is 6.94. The van der Waals surface area contributed by atoms with Crippen LogP contribution < -0.4 is 9.44 Å². The quantitative estimate of drug-likeness (QED) is 0.822. The first-order valence-corrected chi connectivity index (χ1v) is 10.5. The molecule has 1 aliphatic carbocycles. The fourth-order valence-corrected chi connectivity index (χ4v) is 4.63. The largest absolute Gasteiger partial charge is 0.283 e. The van der Waals surface area contributed by atoms with E-state index in [1.165, 1.54) is 18.2 Å². The van der Waals surface area contributed by atoms with Crippen molar-refractivity contribution in [3.05, 3.63) is 54.1 Å². The summed E-state index contributed by atoms with van der Waals surface area (Å²) in [6.45, 7) is 1.87. The van der Waals surface area contributed by atoms with Crippen LogP contribution >= 0.6 is 0 Å². The molecule has 2 N–H and O–H groups in total. The second-order valence-electron chi connectivity index (χ2n) is 5.85. The third-order valence-electron chi connectivity index (χ3n) is 3.67. The fraction of sp³-hybridized carbons (Fsp3) is 0.250. The molecule has 1 saturated carbocycles. The standard InChI is InChI=1S/C16H18N2O4S2/c1-12-5-7-15(8-6-12)23(19,20)17-13-3-2-4-14(11-13)18-24(21,22)16-9-10-16/h2-8,11,16-18H,9-10H2,1H3. The van der Waals surface area contributed by atoms with E-state index in [2.05, 4.69) is 9.44 Å². The molecule has 0 atom stereocenters. The molecule has 128 valence electrons. The molecular formula is C16H18N2O4S2. The zero-order valence-corrected chi connectivity index (χ0v) is 14.7. The third kappa shape index (κ3) is 3.88. The van der Waals surface area contributed by atoms with Gasteiger partial charge < -0.3 is 0 Å². The second kappa shape index (κ2) is 6.10. The molecule has 0 saturated heterocycles. The van der Waals surface area contributed by atoms with Gasteiger partial charge in [0.15, 0.2) is 0 Å². The Labute approximate surface area is 142 Å². The Kier molecular flexibility index (Phi) is 4.27. The van der Waals surface area contributed by atoms with Crippen molar-refractivity contribution in [3.8, 4) is 0 Å². The van der Waals surface area contributed by atoms with E-state index in [1.54, 1.807) is 30.3 Å². The summed E-state index contributed by atoms with van der Waals surface area (Å²) in [4.78, 5) is 0.150. The average Bonchev–Trinajstić information content (AvgIpc) is 3.32. The molecule has 1 aliphatic rings. The second-order valence-corrected chi connectivity index (χ2v) is 9.49. The van der Waals surface area contributed by atoms with E-state index >= 15 is 0 Å². The van der Waals surface area contributed by atoms with Gasteiger partial charge in [-0.25, -0.2) is 16.8 Å². The number of hydrogen-bond acceptors (Lipinski definition) is 4. The van der Waals surface area contributed by atoms with Gasteiger partial charge in [-0.1, -0.05) is 23.8 Å². The van der Waals surface area contributed by atoms with Crippen LogP contribution in [-0.2, 0) is 20.0 Å². The van der Waals surface area contributed by atoms with Crippen molar-refractivity contribution in [2.45, 2.75) is 29.9 Å². The number of sulfonamides is 2. The average molecular weight is 366 g/mol. The molecular weight excluding hydrogens is 348 g/mol. The van der Waals surface area contributed by atoms with Crippen molar-refractivity contribution in [1.29, 1.82) is 0 Å². The number of anilines is 2. The van der Waals surface area contributed by atoms with Crippen molar-refractivity contribution in [2.75, 3.05) is 9.44 Å². The highest BCUT2D eigenvalue weighted by atomic mass is 32.2. The Morgan fingerprint density at radius 1 is 0.875 bits per heavy atom. The van der Waals surface area contributed by atoms with Crippen molar-refractivity contribution in [3.63, 3.8) is 0 Å². The van der Waals surface area contributed by atoms with Gasteiger partial charge in [-0.15, -0.1) is 0 Å². The Morgan fingerprint density at radius 3 is 2.04 bits per heavy atom. The first-order chi connectivity index (χ1) is 11.3. The lowest BCUT2D eigenvalue weighted by atomic mass is 10.2. The Bertz CT molecular complexity index is 948. The highest BCUT2D eigenvalue weighted by molar-refractivity contribution is 7.93. The van der Waals surface area contributed by atoms with Crippen LogP contribution in [0.5, 0.6) is 0 Å². The van der Waals surface area contributed by atoms with E-state index in [-0.39, 0.29) is 10.1 Å². The molecule has 0 radical (unpaired) electrons. The number of hydrogen-bond donors (Lipinski definition) is 2. The number of rotatable bonds is 6. The number of aryl methyl sites for hydroxylation is 1. The highest BCUT2D eigenvalue weighted by Gasteiger charge is 2.35. The first kappa shape index (κ1) is 16.8. The molecule has 1 fully saturated rings. The van der Waals surface area contributed by atoms with E-state index in [1.807, 2.05) is 6.92 Å². The predicted molar refractivity (Wildman–Crippen MR) is 94.0 cm³/mol. The predicted octanol–water partition coefficient (Wildman–Crippen LogP) is 2.70. The van der Waals surface area contributed by atoms with Gasteiger partial charge in [0.1, 0.15) is 0 Å². The van der Waals surface area contributed by atoms with Gasteiger partial charge in [-0.3, -0.25) is 9.44 Å². The molecule has 0 spiro atoms. The summed E-state index contributed by atoms with van der Waals surface area (Å²) in [5.41, 5.74) is 1.60. The van der Waals surface area contributed by atoms with Crippen LogP contribution in [0, 0.1) is 6.92 Å². The highest BCUT2D eigenvalue weighted by Crippen LogP contribution is 2.30. The van der Waals surface area contributed by atoms with E-state index in [4.69, 9.17) is 0 Å². The van der Waals surface area contributed by atoms with Crippen LogP contribution in [0.15, 0.2) is 53.4 Å². The van der Waals surface area contributed by atoms with E-state index in [0.29, 0.717) is 24.2 Å². The molecule has 0 aliphatic heterocycles. The maximum atomic E-state index is 12.4. The molecule has 2 aromatic carbocycles. The summed E-state index contributed by atoms with van der Waals surface area (Å²) in [6.07, 6.45) is 1.32. The minimum absolute atomic E-state index is 0.150. The molecule has 3 rings (SSSR count). The SMILES string of the molecule is Cc1ccc(S(=O)(=O)Nc2cccc(NS(=O)(=O)C3CC3)c2)cc1. The Hall–Kier alpha value is -2.06. The molecule has 24 heavy (non-hydrogen) atoms. The van der Waals surface area contributed by atoms with Gasteiger partial charge >= 0.3 is 0 Å². The van der Waals surface area contributed by atoms with Crippen LogP contribution in [0.3, 0.4) is 0 Å². The Morgan fingerprint density at radius 2 is 1.46 bits per heavy atom. The van der Waals surface area contributed by atoms with Crippen LogP contribution in [0.4, 0.5) is 11.4 Å². The van der Waals surface area contributed by atoms with Gasteiger partial charge in [0, 0.05) is 0 Å². The molecule has 0 unspecified atom stereocenters. The summed E-state index contributed by atoms with van der Waals surface area (Å²) in [5, 5.41) is -0.342. The van der Waals surface area contributed by atoms with Crippen molar-refractivity contribution in [2.24, 2.45) is 0 Å². The normalized spacial score (nSPS) is 15.0. The van der Waals surface area contributed by atoms with Crippen molar-refractivity contribution >= 4 is 31.4 Å². The maximum Gasteiger partial charge on any atom is 0.261 e. The summed E-state index contributed by atoms with van der Waals surface area (Å²) < 4.78 is 53.6.